The van der Waals surface area contributed by atoms with Crippen molar-refractivity contribution in [1.29, 1.82) is 0 Å². The Bertz CT molecular complexity index is 618. The number of aromatic nitrogens is 1. The number of nitrogens with zero attached hydrogens (tertiary/aromatic N) is 1. The normalized spacial score (nSPS) is 12.4. The topological polar surface area (TPSA) is 55.1 Å². The minimum atomic E-state index is 0.0103. The number of carbonyl (C=O) groups excluding carboxylic acids is 1. The Morgan fingerprint density at radius 2 is 2.00 bits per heavy atom. The summed E-state index contributed by atoms with van der Waals surface area (Å²) in [4.78, 5) is 12.3. The molecule has 5 heteroatoms. The minimum Gasteiger partial charge on any atom is -0.349 e. The predicted octanol–water partition coefficient (Wildman–Crippen LogP) is 4.47. The maximum absolute atomic E-state index is 12.3. The summed E-state index contributed by atoms with van der Waals surface area (Å²) < 4.78 is 4.91. The van der Waals surface area contributed by atoms with E-state index >= 15 is 0 Å². The van der Waals surface area contributed by atoms with Crippen molar-refractivity contribution in [3.63, 3.8) is 0 Å². The number of aryl methyl sites for hydroxylation is 1. The molecule has 1 atom stereocenters. The number of nitrogens with one attached hydrogen (secondary N) is 1. The van der Waals surface area contributed by atoms with Crippen molar-refractivity contribution in [1.82, 2.24) is 10.5 Å². The van der Waals surface area contributed by atoms with Crippen molar-refractivity contribution in [3.05, 3.63) is 52.4 Å². The van der Waals surface area contributed by atoms with Gasteiger partial charge < -0.3 is 9.84 Å². The first kappa shape index (κ1) is 17.5. The second kappa shape index (κ2) is 8.16. The molecule has 1 aromatic heterocycles. The van der Waals surface area contributed by atoms with Gasteiger partial charge in [-0.15, -0.1) is 0 Å². The molecule has 0 fully saturated rings. The van der Waals surface area contributed by atoms with Gasteiger partial charge in [0.15, 0.2) is 0 Å². The molecule has 4 nitrogen and oxygen atoms in total. The Morgan fingerprint density at radius 1 is 1.30 bits per heavy atom. The molecule has 0 spiro atoms. The van der Waals surface area contributed by atoms with Crippen LogP contribution in [0.3, 0.4) is 0 Å². The number of hydrogen-bond donors (Lipinski definition) is 1. The van der Waals surface area contributed by atoms with Gasteiger partial charge in [-0.05, 0) is 42.8 Å². The van der Waals surface area contributed by atoms with Crippen LogP contribution in [0.5, 0.6) is 0 Å². The monoisotopic (exact) mass is 334 g/mol. The fourth-order valence-electron chi connectivity index (χ4n) is 2.58. The van der Waals surface area contributed by atoms with Gasteiger partial charge >= 0.3 is 0 Å². The molecule has 0 radical (unpaired) electrons. The number of rotatable bonds is 7. The zero-order valence-corrected chi connectivity index (χ0v) is 14.6. The molecule has 0 bridgehead atoms. The maximum atomic E-state index is 12.3. The van der Waals surface area contributed by atoms with Gasteiger partial charge in [0.2, 0.25) is 11.1 Å². The van der Waals surface area contributed by atoms with Gasteiger partial charge in [0, 0.05) is 12.0 Å². The van der Waals surface area contributed by atoms with Crippen LogP contribution in [0.2, 0.25) is 5.22 Å². The van der Waals surface area contributed by atoms with Crippen molar-refractivity contribution in [2.24, 2.45) is 5.92 Å². The van der Waals surface area contributed by atoms with Crippen molar-refractivity contribution in [2.75, 3.05) is 0 Å². The molecule has 1 N–H and O–H groups in total. The number of amides is 1. The van der Waals surface area contributed by atoms with Gasteiger partial charge in [0.05, 0.1) is 11.7 Å². The van der Waals surface area contributed by atoms with Crippen LogP contribution in [-0.4, -0.2) is 11.1 Å². The Balaban J connectivity index is 1.98. The van der Waals surface area contributed by atoms with E-state index in [1.54, 1.807) is 0 Å². The molecular weight excluding hydrogens is 312 g/mol. The summed E-state index contributed by atoms with van der Waals surface area (Å²) in [6.07, 6.45) is 1.80. The summed E-state index contributed by atoms with van der Waals surface area (Å²) in [7, 11) is 0. The Hall–Kier alpha value is -1.81. The van der Waals surface area contributed by atoms with E-state index in [-0.39, 0.29) is 17.2 Å². The lowest BCUT2D eigenvalue weighted by atomic mass is 9.96. The van der Waals surface area contributed by atoms with Crippen LogP contribution in [0.1, 0.15) is 49.6 Å². The summed E-state index contributed by atoms with van der Waals surface area (Å²) >= 11 is 5.94. The van der Waals surface area contributed by atoms with E-state index in [9.17, 15) is 4.79 Å². The standard InChI is InChI=1S/C18H23ClN2O2/c1-12(2)11-16(14-7-5-4-6-8-14)20-17(22)10-9-15-13(3)21-23-18(15)19/h4-8,12,16H,9-11H2,1-3H3,(H,20,22)/t16-/m0/s1. The molecule has 0 aliphatic rings. The zero-order valence-electron chi connectivity index (χ0n) is 13.8. The van der Waals surface area contributed by atoms with Crippen LogP contribution >= 0.6 is 11.6 Å². The molecule has 124 valence electrons. The molecule has 0 saturated heterocycles. The lowest BCUT2D eigenvalue weighted by Crippen LogP contribution is -2.29. The minimum absolute atomic E-state index is 0.0103. The lowest BCUT2D eigenvalue weighted by Gasteiger charge is -2.21. The summed E-state index contributed by atoms with van der Waals surface area (Å²) in [6, 6.07) is 10.1. The van der Waals surface area contributed by atoms with Crippen LogP contribution in [0.25, 0.3) is 0 Å². The maximum Gasteiger partial charge on any atom is 0.229 e. The molecule has 0 saturated carbocycles. The summed E-state index contributed by atoms with van der Waals surface area (Å²) in [5, 5.41) is 7.21. The highest BCUT2D eigenvalue weighted by atomic mass is 35.5. The first-order chi connectivity index (χ1) is 11.0. The van der Waals surface area contributed by atoms with Gasteiger partial charge in [-0.2, -0.15) is 0 Å². The highest BCUT2D eigenvalue weighted by Gasteiger charge is 2.17. The van der Waals surface area contributed by atoms with Gasteiger partial charge in [0.1, 0.15) is 0 Å². The van der Waals surface area contributed by atoms with Gasteiger partial charge in [0.25, 0.3) is 0 Å². The van der Waals surface area contributed by atoms with Crippen LogP contribution in [0, 0.1) is 12.8 Å². The van der Waals surface area contributed by atoms with Crippen molar-refractivity contribution in [2.45, 2.75) is 46.1 Å². The molecule has 0 unspecified atom stereocenters. The van der Waals surface area contributed by atoms with Crippen molar-refractivity contribution < 1.29 is 9.32 Å². The molecule has 1 aromatic carbocycles. The Labute approximate surface area is 142 Å². The molecular formula is C18H23ClN2O2. The van der Waals surface area contributed by atoms with Crippen molar-refractivity contribution >= 4 is 17.5 Å². The SMILES string of the molecule is Cc1noc(Cl)c1CCC(=O)N[C@@H](CC(C)C)c1ccccc1. The number of halogens is 1. The average Bonchev–Trinajstić information content (AvgIpc) is 2.84. The molecule has 1 heterocycles. The molecule has 23 heavy (non-hydrogen) atoms. The highest BCUT2D eigenvalue weighted by Crippen LogP contribution is 2.23. The Kier molecular flexibility index (Phi) is 6.22. The smallest absolute Gasteiger partial charge is 0.229 e. The quantitative estimate of drug-likeness (QED) is 0.812. The third kappa shape index (κ3) is 5.10. The fraction of sp³-hybridized carbons (Fsp3) is 0.444. The van der Waals surface area contributed by atoms with E-state index in [2.05, 4.69) is 24.3 Å². The predicted molar refractivity (Wildman–Crippen MR) is 91.4 cm³/mol. The van der Waals surface area contributed by atoms with Crippen LogP contribution in [0.15, 0.2) is 34.9 Å². The highest BCUT2D eigenvalue weighted by molar-refractivity contribution is 6.29. The van der Waals surface area contributed by atoms with Gasteiger partial charge in [-0.3, -0.25) is 4.79 Å². The number of benzene rings is 1. The summed E-state index contributed by atoms with van der Waals surface area (Å²) in [6.45, 7) is 6.14. The van der Waals surface area contributed by atoms with E-state index in [1.165, 1.54) is 0 Å². The van der Waals surface area contributed by atoms with Gasteiger partial charge in [-0.1, -0.05) is 49.3 Å². The number of hydrogen-bond acceptors (Lipinski definition) is 3. The third-order valence-electron chi connectivity index (χ3n) is 3.78. The van der Waals surface area contributed by atoms with Crippen LogP contribution < -0.4 is 5.32 Å². The first-order valence-corrected chi connectivity index (χ1v) is 8.30. The second-order valence-corrected chi connectivity index (χ2v) is 6.52. The molecule has 0 aliphatic carbocycles. The average molecular weight is 335 g/mol. The van der Waals surface area contributed by atoms with Gasteiger partial charge in [-0.25, -0.2) is 0 Å². The largest absolute Gasteiger partial charge is 0.349 e. The van der Waals surface area contributed by atoms with E-state index in [0.717, 1.165) is 23.2 Å². The summed E-state index contributed by atoms with van der Waals surface area (Å²) in [5.74, 6) is 0.506. The molecule has 2 aromatic rings. The Morgan fingerprint density at radius 3 is 2.57 bits per heavy atom. The molecule has 2 rings (SSSR count). The van der Waals surface area contributed by atoms with Crippen LogP contribution in [0.4, 0.5) is 0 Å². The third-order valence-corrected chi connectivity index (χ3v) is 4.08. The van der Waals surface area contributed by atoms with Crippen LogP contribution in [-0.2, 0) is 11.2 Å². The zero-order chi connectivity index (χ0) is 16.8. The second-order valence-electron chi connectivity index (χ2n) is 6.18. The van der Waals surface area contributed by atoms with E-state index in [0.29, 0.717) is 18.8 Å². The summed E-state index contributed by atoms with van der Waals surface area (Å²) in [5.41, 5.74) is 2.68. The van der Waals surface area contributed by atoms with E-state index in [4.69, 9.17) is 16.1 Å². The fourth-order valence-corrected chi connectivity index (χ4v) is 2.85. The first-order valence-electron chi connectivity index (χ1n) is 7.92. The lowest BCUT2D eigenvalue weighted by molar-refractivity contribution is -0.121. The molecule has 1 amide bonds. The van der Waals surface area contributed by atoms with E-state index < -0.39 is 0 Å². The molecule has 0 aliphatic heterocycles. The van der Waals surface area contributed by atoms with Crippen molar-refractivity contribution in [3.8, 4) is 0 Å². The van der Waals surface area contributed by atoms with E-state index in [1.807, 2.05) is 37.3 Å². The number of carbonyl (C=O) groups is 1.